The maximum Gasteiger partial charge on any atom is 0.332 e. The molecule has 0 aromatic heterocycles. The van der Waals surface area contributed by atoms with Crippen LogP contribution in [-0.2, 0) is 28.7 Å². The first kappa shape index (κ1) is 44.6. The van der Waals surface area contributed by atoms with Crippen molar-refractivity contribution in [3.63, 3.8) is 0 Å². The zero-order chi connectivity index (χ0) is 39.1. The minimum Gasteiger partial charge on any atom is -0.548 e. The number of benzene rings is 1. The van der Waals surface area contributed by atoms with Crippen molar-refractivity contribution in [3.8, 4) is 5.75 Å². The Hall–Kier alpha value is -3.58. The van der Waals surface area contributed by atoms with Gasteiger partial charge in [-0.15, -0.1) is 11.8 Å². The maximum atomic E-state index is 13.3. The Kier molecular flexibility index (Phi) is 18.2. The number of nitrogens with zero attached hydrogens (tertiary/aromatic N) is 2. The molecule has 2 heterocycles. The van der Waals surface area contributed by atoms with E-state index >= 15 is 0 Å². The van der Waals surface area contributed by atoms with Crippen molar-refractivity contribution in [2.24, 2.45) is 0 Å². The van der Waals surface area contributed by atoms with E-state index in [2.05, 4.69) is 43.1 Å². The summed E-state index contributed by atoms with van der Waals surface area (Å²) in [5.74, 6) is -3.27. The van der Waals surface area contributed by atoms with Gasteiger partial charge in [-0.05, 0) is 64.2 Å². The number of carbonyl (C=O) groups is 5. The Morgan fingerprint density at radius 1 is 0.923 bits per heavy atom. The Labute approximate surface area is 315 Å². The Bertz CT molecular complexity index is 1350. The largest absolute Gasteiger partial charge is 0.548 e. The van der Waals surface area contributed by atoms with Crippen LogP contribution in [0.15, 0.2) is 36.0 Å². The van der Waals surface area contributed by atoms with Crippen LogP contribution in [0.2, 0.25) is 0 Å². The summed E-state index contributed by atoms with van der Waals surface area (Å²) >= 11 is 1.28. The lowest BCUT2D eigenvalue weighted by atomic mass is 9.95. The van der Waals surface area contributed by atoms with Crippen LogP contribution in [0.1, 0.15) is 118 Å². The monoisotopic (exact) mass is 746 g/mol. The van der Waals surface area contributed by atoms with Gasteiger partial charge in [-0.3, -0.25) is 14.4 Å². The lowest BCUT2D eigenvalue weighted by molar-refractivity contribution is -0.929. The molecule has 2 aliphatic rings. The fourth-order valence-electron chi connectivity index (χ4n) is 6.71. The molecule has 4 atom stereocenters. The van der Waals surface area contributed by atoms with Gasteiger partial charge >= 0.3 is 11.9 Å². The number of methoxy groups -OCH3 is 1. The molecule has 2 aliphatic heterocycles. The van der Waals surface area contributed by atoms with E-state index in [9.17, 15) is 29.1 Å². The molecule has 0 bridgehead atoms. The molecule has 2 unspecified atom stereocenters. The summed E-state index contributed by atoms with van der Waals surface area (Å²) in [5.41, 5.74) is 0.794. The van der Waals surface area contributed by atoms with Crippen molar-refractivity contribution in [3.05, 3.63) is 41.6 Å². The second-order valence-corrected chi connectivity index (χ2v) is 16.1. The van der Waals surface area contributed by atoms with Gasteiger partial charge in [0.15, 0.2) is 0 Å². The summed E-state index contributed by atoms with van der Waals surface area (Å²) in [7, 11) is 1.22. The van der Waals surface area contributed by atoms with Crippen LogP contribution < -0.4 is 20.5 Å². The summed E-state index contributed by atoms with van der Waals surface area (Å²) in [5, 5.41) is 16.7. The number of nitrogens with one attached hydrogen (secondary N) is 2. The van der Waals surface area contributed by atoms with E-state index in [1.807, 2.05) is 0 Å². The number of carboxylic acids is 1. The highest BCUT2D eigenvalue weighted by Gasteiger charge is 2.62. The highest BCUT2D eigenvalue weighted by molar-refractivity contribution is 8.01. The quantitative estimate of drug-likeness (QED) is 0.0636. The Morgan fingerprint density at radius 2 is 1.42 bits per heavy atom. The molecule has 12 nitrogen and oxygen atoms in total. The molecule has 0 saturated carbocycles. The van der Waals surface area contributed by atoms with Gasteiger partial charge in [0, 0.05) is 23.4 Å². The highest BCUT2D eigenvalue weighted by atomic mass is 32.2. The second-order valence-electron chi connectivity index (χ2n) is 14.3. The molecular formula is C39H62N4O8S. The zero-order valence-electron chi connectivity index (χ0n) is 32.8. The fourth-order valence-corrected chi connectivity index (χ4v) is 8.33. The maximum absolute atomic E-state index is 13.3. The Balaban J connectivity index is 0.000000465. The van der Waals surface area contributed by atoms with Gasteiger partial charge in [-0.25, -0.2) is 4.79 Å². The summed E-state index contributed by atoms with van der Waals surface area (Å²) in [4.78, 5) is 61.7. The summed E-state index contributed by atoms with van der Waals surface area (Å²) < 4.78 is 10.3. The standard InChI is InChI=1S/C23H27N3O8S.C16H36N/c1-11(10-15(28)33-5)24-16(13-6-8-14(9-7-13)34-12(2)27)19(29)25-17-20(30)26-18(22(31)32)23(3,4)35-21(17)26;1-5-9-13-17(14-10-6-2,15-11-7-3)16-12-8-4/h6-10,16-18,21,24H,1-5H3,(H,25,29)(H,31,32);5-16H2,1-4H3/q;+1/p-1/b11-10+;/t16?,17?,18-,21+;/m0./s1. The van der Waals surface area contributed by atoms with E-state index in [0.717, 1.165) is 0 Å². The van der Waals surface area contributed by atoms with Crippen LogP contribution in [0, 0.1) is 0 Å². The molecule has 2 N–H and O–H groups in total. The number of esters is 2. The number of allylic oxidation sites excluding steroid dienone is 1. The van der Waals surface area contributed by atoms with Gasteiger partial charge in [-0.2, -0.15) is 0 Å². The minimum atomic E-state index is -1.35. The second kappa shape index (κ2) is 21.2. The molecule has 0 aliphatic carbocycles. The summed E-state index contributed by atoms with van der Waals surface area (Å²) in [6.07, 6.45) is 12.2. The van der Waals surface area contributed by atoms with Crippen molar-refractivity contribution in [2.75, 3.05) is 33.3 Å². The number of unbranched alkanes of at least 4 members (excludes halogenated alkanes) is 4. The first-order valence-electron chi connectivity index (χ1n) is 18.8. The molecule has 0 spiro atoms. The van der Waals surface area contributed by atoms with Crippen LogP contribution in [0.3, 0.4) is 0 Å². The van der Waals surface area contributed by atoms with Crippen LogP contribution in [0.5, 0.6) is 5.75 Å². The molecule has 2 amide bonds. The predicted molar refractivity (Wildman–Crippen MR) is 202 cm³/mol. The van der Waals surface area contributed by atoms with E-state index in [0.29, 0.717) is 11.3 Å². The summed E-state index contributed by atoms with van der Waals surface area (Å²) in [6, 6.07) is 3.09. The zero-order valence-corrected chi connectivity index (χ0v) is 33.6. The number of carboxylic acid groups (broad SMARTS) is 1. The number of ether oxygens (including phenoxy) is 2. The van der Waals surface area contributed by atoms with E-state index in [-0.39, 0.29) is 5.75 Å². The van der Waals surface area contributed by atoms with E-state index < -0.39 is 58.0 Å². The van der Waals surface area contributed by atoms with Crippen LogP contribution >= 0.6 is 11.8 Å². The molecule has 3 rings (SSSR count). The van der Waals surface area contributed by atoms with Gasteiger partial charge < -0.3 is 39.4 Å². The Morgan fingerprint density at radius 3 is 1.85 bits per heavy atom. The molecular weight excluding hydrogens is 685 g/mol. The number of thioether (sulfide) groups is 1. The first-order chi connectivity index (χ1) is 24.6. The minimum absolute atomic E-state index is 0.282. The fraction of sp³-hybridized carbons (Fsp3) is 0.667. The van der Waals surface area contributed by atoms with Gasteiger partial charge in [0.25, 0.3) is 0 Å². The molecule has 1 aromatic rings. The molecule has 13 heteroatoms. The number of amides is 2. The third-order valence-corrected chi connectivity index (χ3v) is 11.1. The number of aliphatic carboxylic acids is 1. The van der Waals surface area contributed by atoms with E-state index in [1.165, 1.54) is 131 Å². The van der Waals surface area contributed by atoms with E-state index in [4.69, 9.17) is 4.74 Å². The molecule has 1 aromatic carbocycles. The molecule has 2 saturated heterocycles. The lowest BCUT2D eigenvalue weighted by Gasteiger charge is -2.45. The molecule has 292 valence electrons. The number of carbonyl (C=O) groups excluding carboxylic acids is 5. The average Bonchev–Trinajstić information content (AvgIpc) is 3.36. The predicted octanol–water partition coefficient (Wildman–Crippen LogP) is 4.62. The van der Waals surface area contributed by atoms with Crippen molar-refractivity contribution >= 4 is 41.5 Å². The van der Waals surface area contributed by atoms with Crippen LogP contribution in [-0.4, -0.2) is 94.6 Å². The third kappa shape index (κ3) is 12.5. The number of quaternary nitrogens is 1. The average molecular weight is 747 g/mol. The third-order valence-electron chi connectivity index (χ3n) is 9.55. The van der Waals surface area contributed by atoms with Crippen LogP contribution in [0.25, 0.3) is 0 Å². The smallest absolute Gasteiger partial charge is 0.332 e. The van der Waals surface area contributed by atoms with Crippen molar-refractivity contribution in [1.29, 1.82) is 0 Å². The number of fused-ring (bicyclic) bond motifs is 1. The normalized spacial score (nSPS) is 19.7. The van der Waals surface area contributed by atoms with Gasteiger partial charge in [-0.1, -0.05) is 65.5 Å². The highest BCUT2D eigenvalue weighted by Crippen LogP contribution is 2.50. The van der Waals surface area contributed by atoms with Gasteiger partial charge in [0.1, 0.15) is 23.2 Å². The number of rotatable bonds is 20. The summed E-state index contributed by atoms with van der Waals surface area (Å²) in [6.45, 7) is 21.3. The first-order valence-corrected chi connectivity index (χ1v) is 19.7. The molecule has 2 fully saturated rings. The van der Waals surface area contributed by atoms with Crippen molar-refractivity contribution in [1.82, 2.24) is 15.5 Å². The number of hydrogen-bond acceptors (Lipinski definition) is 10. The number of β-lactam (4-membered cyclic amide) rings is 1. The molecule has 0 radical (unpaired) electrons. The number of hydrogen-bond donors (Lipinski definition) is 2. The van der Waals surface area contributed by atoms with Crippen LogP contribution in [0.4, 0.5) is 0 Å². The topological polar surface area (TPSA) is 154 Å². The van der Waals surface area contributed by atoms with Gasteiger partial charge in [0.2, 0.25) is 11.8 Å². The SMILES string of the molecule is CCCC[N+](CCCC)(CCCC)CCCC.COC(=O)/C=C(\C)NC(C(=O)NC1C(=O)N2[C@@H]1SC(C)(C)[C@@H]2C(=O)[O-])c1ccc(OC(C)=O)cc1. The van der Waals surface area contributed by atoms with Crippen molar-refractivity contribution in [2.45, 2.75) is 135 Å². The van der Waals surface area contributed by atoms with Crippen molar-refractivity contribution < 1.29 is 43.0 Å². The molecule has 52 heavy (non-hydrogen) atoms. The lowest BCUT2D eigenvalue weighted by Crippen LogP contribution is -2.72. The van der Waals surface area contributed by atoms with E-state index in [1.54, 1.807) is 32.9 Å². The van der Waals surface area contributed by atoms with Gasteiger partial charge in [0.05, 0.1) is 45.3 Å².